The van der Waals surface area contributed by atoms with Crippen LogP contribution in [0.1, 0.15) is 50.7 Å². The van der Waals surface area contributed by atoms with Crippen LogP contribution in [0.3, 0.4) is 0 Å². The molecule has 1 heteroatoms. The Balaban J connectivity index is 2.09. The standard InChI is InChI=1S/C17H25N/c1-16(12-18)10-5-11-17(2)14-7-4-3-6-13(14)8-9-15(16)17/h3-4,6-7,15H,5,8-12,18H2,1-2H3/t15-,16+,17+/m0/s1. The Morgan fingerprint density at radius 3 is 2.78 bits per heavy atom. The molecule has 2 N–H and O–H groups in total. The molecular formula is C17H25N. The van der Waals surface area contributed by atoms with Gasteiger partial charge in [-0.05, 0) is 60.1 Å². The van der Waals surface area contributed by atoms with Crippen LogP contribution in [0.15, 0.2) is 24.3 Å². The third kappa shape index (κ3) is 1.56. The first-order chi connectivity index (χ1) is 8.60. The topological polar surface area (TPSA) is 26.0 Å². The molecule has 0 saturated heterocycles. The largest absolute Gasteiger partial charge is 0.330 e. The fourth-order valence-electron chi connectivity index (χ4n) is 4.81. The first kappa shape index (κ1) is 12.2. The molecule has 0 aromatic heterocycles. The number of nitrogens with two attached hydrogens (primary N) is 1. The smallest absolute Gasteiger partial charge is 0.00202 e. The summed E-state index contributed by atoms with van der Waals surface area (Å²) in [6.07, 6.45) is 6.54. The number of aryl methyl sites for hydroxylation is 1. The van der Waals surface area contributed by atoms with Gasteiger partial charge in [-0.25, -0.2) is 0 Å². The molecule has 3 atom stereocenters. The summed E-state index contributed by atoms with van der Waals surface area (Å²) in [4.78, 5) is 0. The first-order valence-electron chi connectivity index (χ1n) is 7.39. The summed E-state index contributed by atoms with van der Waals surface area (Å²) in [5.41, 5.74) is 10.0. The molecule has 1 aromatic carbocycles. The quantitative estimate of drug-likeness (QED) is 0.800. The minimum atomic E-state index is 0.348. The molecular weight excluding hydrogens is 218 g/mol. The lowest BCUT2D eigenvalue weighted by atomic mass is 9.50. The average molecular weight is 243 g/mol. The van der Waals surface area contributed by atoms with E-state index in [1.165, 1.54) is 32.1 Å². The molecule has 2 aliphatic rings. The van der Waals surface area contributed by atoms with Crippen molar-refractivity contribution >= 4 is 0 Å². The van der Waals surface area contributed by atoms with Crippen molar-refractivity contribution in [2.45, 2.75) is 51.4 Å². The summed E-state index contributed by atoms with van der Waals surface area (Å²) >= 11 is 0. The fourth-order valence-corrected chi connectivity index (χ4v) is 4.81. The second-order valence-corrected chi connectivity index (χ2v) is 6.88. The van der Waals surface area contributed by atoms with Crippen molar-refractivity contribution in [3.05, 3.63) is 35.4 Å². The van der Waals surface area contributed by atoms with Crippen LogP contribution in [0, 0.1) is 11.3 Å². The molecule has 0 amide bonds. The van der Waals surface area contributed by atoms with E-state index in [1.807, 2.05) is 0 Å². The minimum absolute atomic E-state index is 0.348. The number of hydrogen-bond donors (Lipinski definition) is 1. The van der Waals surface area contributed by atoms with Gasteiger partial charge in [0.05, 0.1) is 0 Å². The van der Waals surface area contributed by atoms with Gasteiger partial charge in [0.25, 0.3) is 0 Å². The van der Waals surface area contributed by atoms with Crippen molar-refractivity contribution < 1.29 is 0 Å². The Hall–Kier alpha value is -0.820. The summed E-state index contributed by atoms with van der Waals surface area (Å²) in [7, 11) is 0. The molecule has 0 heterocycles. The normalized spacial score (nSPS) is 38.9. The van der Waals surface area contributed by atoms with Gasteiger partial charge in [-0.15, -0.1) is 0 Å². The fraction of sp³-hybridized carbons (Fsp3) is 0.647. The van der Waals surface area contributed by atoms with E-state index >= 15 is 0 Å². The Bertz CT molecular complexity index is 453. The average Bonchev–Trinajstić information content (AvgIpc) is 2.39. The van der Waals surface area contributed by atoms with Crippen LogP contribution in [0.25, 0.3) is 0 Å². The zero-order chi connectivity index (χ0) is 12.8. The first-order valence-corrected chi connectivity index (χ1v) is 7.39. The van der Waals surface area contributed by atoms with Gasteiger partial charge in [0.2, 0.25) is 0 Å². The maximum Gasteiger partial charge on any atom is -0.00202 e. The molecule has 1 fully saturated rings. The summed E-state index contributed by atoms with van der Waals surface area (Å²) in [5, 5.41) is 0. The van der Waals surface area contributed by atoms with Gasteiger partial charge in [0.1, 0.15) is 0 Å². The molecule has 3 rings (SSSR count). The van der Waals surface area contributed by atoms with Crippen molar-refractivity contribution in [2.24, 2.45) is 17.1 Å². The zero-order valence-corrected chi connectivity index (χ0v) is 11.7. The monoisotopic (exact) mass is 243 g/mol. The number of benzene rings is 1. The number of hydrogen-bond acceptors (Lipinski definition) is 1. The zero-order valence-electron chi connectivity index (χ0n) is 11.7. The lowest BCUT2D eigenvalue weighted by Crippen LogP contribution is -2.51. The molecule has 2 aliphatic carbocycles. The minimum Gasteiger partial charge on any atom is -0.330 e. The van der Waals surface area contributed by atoms with Gasteiger partial charge in [-0.2, -0.15) is 0 Å². The third-order valence-electron chi connectivity index (χ3n) is 5.86. The third-order valence-corrected chi connectivity index (χ3v) is 5.86. The van der Waals surface area contributed by atoms with E-state index < -0.39 is 0 Å². The van der Waals surface area contributed by atoms with Crippen molar-refractivity contribution in [1.82, 2.24) is 0 Å². The van der Waals surface area contributed by atoms with Gasteiger partial charge in [-0.1, -0.05) is 44.5 Å². The molecule has 0 spiro atoms. The Labute approximate surface area is 111 Å². The second kappa shape index (κ2) is 4.09. The second-order valence-electron chi connectivity index (χ2n) is 6.88. The summed E-state index contributed by atoms with van der Waals surface area (Å²) in [6, 6.07) is 9.09. The molecule has 98 valence electrons. The van der Waals surface area contributed by atoms with Gasteiger partial charge >= 0.3 is 0 Å². The lowest BCUT2D eigenvalue weighted by molar-refractivity contribution is 0.0327. The van der Waals surface area contributed by atoms with Crippen molar-refractivity contribution in [2.75, 3.05) is 6.54 Å². The van der Waals surface area contributed by atoms with E-state index in [0.717, 1.165) is 12.5 Å². The van der Waals surface area contributed by atoms with Crippen LogP contribution in [0.4, 0.5) is 0 Å². The van der Waals surface area contributed by atoms with E-state index in [4.69, 9.17) is 5.73 Å². The van der Waals surface area contributed by atoms with Crippen LogP contribution in [0.5, 0.6) is 0 Å². The molecule has 0 bridgehead atoms. The highest BCUT2D eigenvalue weighted by molar-refractivity contribution is 5.38. The summed E-state index contributed by atoms with van der Waals surface area (Å²) in [6.45, 7) is 5.75. The van der Waals surface area contributed by atoms with Gasteiger partial charge in [0, 0.05) is 0 Å². The summed E-state index contributed by atoms with van der Waals surface area (Å²) in [5.74, 6) is 0.763. The van der Waals surface area contributed by atoms with E-state index in [-0.39, 0.29) is 0 Å². The predicted octanol–water partition coefficient (Wildman–Crippen LogP) is 3.66. The van der Waals surface area contributed by atoms with Gasteiger partial charge in [0.15, 0.2) is 0 Å². The molecule has 0 radical (unpaired) electrons. The van der Waals surface area contributed by atoms with Crippen LogP contribution in [-0.2, 0) is 11.8 Å². The Morgan fingerprint density at radius 1 is 1.22 bits per heavy atom. The van der Waals surface area contributed by atoms with Crippen molar-refractivity contribution in [1.29, 1.82) is 0 Å². The van der Waals surface area contributed by atoms with Crippen LogP contribution in [0.2, 0.25) is 0 Å². The van der Waals surface area contributed by atoms with Crippen LogP contribution < -0.4 is 5.73 Å². The van der Waals surface area contributed by atoms with E-state index in [9.17, 15) is 0 Å². The van der Waals surface area contributed by atoms with Crippen LogP contribution in [-0.4, -0.2) is 6.54 Å². The Kier molecular flexibility index (Phi) is 2.78. The van der Waals surface area contributed by atoms with E-state index in [1.54, 1.807) is 11.1 Å². The lowest BCUT2D eigenvalue weighted by Gasteiger charge is -2.55. The van der Waals surface area contributed by atoms with E-state index in [2.05, 4.69) is 38.1 Å². The maximum atomic E-state index is 6.12. The number of rotatable bonds is 1. The number of fused-ring (bicyclic) bond motifs is 3. The van der Waals surface area contributed by atoms with E-state index in [0.29, 0.717) is 10.8 Å². The highest BCUT2D eigenvalue weighted by atomic mass is 14.7. The highest BCUT2D eigenvalue weighted by Crippen LogP contribution is 2.56. The molecule has 1 saturated carbocycles. The highest BCUT2D eigenvalue weighted by Gasteiger charge is 2.50. The molecule has 1 aromatic rings. The van der Waals surface area contributed by atoms with Crippen molar-refractivity contribution in [3.63, 3.8) is 0 Å². The summed E-state index contributed by atoms with van der Waals surface area (Å²) < 4.78 is 0. The SMILES string of the molecule is C[C@]1(CN)CCC[C@]2(C)c3ccccc3CC[C@@H]12. The molecule has 0 unspecified atom stereocenters. The Morgan fingerprint density at radius 2 is 2.00 bits per heavy atom. The molecule has 18 heavy (non-hydrogen) atoms. The van der Waals surface area contributed by atoms with Gasteiger partial charge in [-0.3, -0.25) is 0 Å². The maximum absolute atomic E-state index is 6.12. The molecule has 0 aliphatic heterocycles. The molecule has 1 nitrogen and oxygen atoms in total. The predicted molar refractivity (Wildman–Crippen MR) is 76.6 cm³/mol. The van der Waals surface area contributed by atoms with Crippen LogP contribution >= 0.6 is 0 Å². The van der Waals surface area contributed by atoms with Crippen molar-refractivity contribution in [3.8, 4) is 0 Å². The van der Waals surface area contributed by atoms with Gasteiger partial charge < -0.3 is 5.73 Å².